The summed E-state index contributed by atoms with van der Waals surface area (Å²) in [5.74, 6) is 0.726. The highest BCUT2D eigenvalue weighted by Gasteiger charge is 2.32. The maximum absolute atomic E-state index is 3.65. The summed E-state index contributed by atoms with van der Waals surface area (Å²) in [6, 6.07) is 7.35. The third-order valence-corrected chi connectivity index (χ3v) is 4.82. The number of hydrogen-bond acceptors (Lipinski definition) is 2. The zero-order chi connectivity index (χ0) is 13.1. The first-order valence-corrected chi connectivity index (χ1v) is 7.59. The monoisotopic (exact) mass is 310 g/mol. The predicted octanol–water partition coefficient (Wildman–Crippen LogP) is 3.36. The fourth-order valence-corrected chi connectivity index (χ4v) is 3.29. The minimum Gasteiger partial charge on any atom is -0.317 e. The molecule has 0 bridgehead atoms. The Labute approximate surface area is 119 Å². The summed E-state index contributed by atoms with van der Waals surface area (Å²) in [6.07, 6.45) is 1.29. The van der Waals surface area contributed by atoms with Crippen molar-refractivity contribution in [1.29, 1.82) is 0 Å². The Hall–Kier alpha value is -0.380. The van der Waals surface area contributed by atoms with Crippen LogP contribution in [0.15, 0.2) is 22.7 Å². The highest BCUT2D eigenvalue weighted by atomic mass is 79.9. The summed E-state index contributed by atoms with van der Waals surface area (Å²) in [6.45, 7) is 7.70. The van der Waals surface area contributed by atoms with E-state index in [-0.39, 0.29) is 0 Å². The maximum atomic E-state index is 3.65. The van der Waals surface area contributed by atoms with Gasteiger partial charge in [0.2, 0.25) is 0 Å². The lowest BCUT2D eigenvalue weighted by Gasteiger charge is -2.26. The molecule has 1 aliphatic heterocycles. The number of nitrogens with one attached hydrogen (secondary N) is 1. The molecule has 0 spiro atoms. The van der Waals surface area contributed by atoms with Crippen LogP contribution in [0.2, 0.25) is 0 Å². The van der Waals surface area contributed by atoms with Gasteiger partial charge in [-0.15, -0.1) is 0 Å². The van der Waals surface area contributed by atoms with Gasteiger partial charge in [-0.2, -0.15) is 0 Å². The fraction of sp³-hybridized carbons (Fsp3) is 0.600. The van der Waals surface area contributed by atoms with Crippen molar-refractivity contribution >= 4 is 15.9 Å². The van der Waals surface area contributed by atoms with Crippen molar-refractivity contribution in [2.24, 2.45) is 5.92 Å². The fourth-order valence-electron chi connectivity index (χ4n) is 2.89. The minimum atomic E-state index is 0.556. The zero-order valence-electron chi connectivity index (χ0n) is 11.5. The van der Waals surface area contributed by atoms with E-state index >= 15 is 0 Å². The normalized spacial score (nSPS) is 24.7. The Morgan fingerprint density at radius 2 is 2.22 bits per heavy atom. The first-order chi connectivity index (χ1) is 8.63. The van der Waals surface area contributed by atoms with Crippen molar-refractivity contribution in [3.63, 3.8) is 0 Å². The summed E-state index contributed by atoms with van der Waals surface area (Å²) in [7, 11) is 2.24. The van der Waals surface area contributed by atoms with Crippen molar-refractivity contribution < 1.29 is 0 Å². The molecule has 0 aromatic heterocycles. The van der Waals surface area contributed by atoms with E-state index in [4.69, 9.17) is 0 Å². The van der Waals surface area contributed by atoms with E-state index in [2.05, 4.69) is 65.2 Å². The van der Waals surface area contributed by atoms with Gasteiger partial charge in [-0.1, -0.05) is 35.0 Å². The summed E-state index contributed by atoms with van der Waals surface area (Å²) < 4.78 is 1.22. The van der Waals surface area contributed by atoms with Crippen molar-refractivity contribution in [3.8, 4) is 0 Å². The molecule has 1 fully saturated rings. The molecule has 0 radical (unpaired) electrons. The molecule has 0 saturated carbocycles. The SMILES string of the molecule is CCNCC1CCN(C)C1c1ccc(C)c(Br)c1. The van der Waals surface area contributed by atoms with Crippen LogP contribution in [0.4, 0.5) is 0 Å². The first kappa shape index (κ1) is 14.0. The van der Waals surface area contributed by atoms with Gasteiger partial charge in [0, 0.05) is 10.5 Å². The van der Waals surface area contributed by atoms with Gasteiger partial charge in [0.25, 0.3) is 0 Å². The largest absolute Gasteiger partial charge is 0.317 e. The van der Waals surface area contributed by atoms with Gasteiger partial charge in [0.05, 0.1) is 0 Å². The van der Waals surface area contributed by atoms with E-state index in [0.29, 0.717) is 6.04 Å². The van der Waals surface area contributed by atoms with Crippen LogP contribution in [0.25, 0.3) is 0 Å². The van der Waals surface area contributed by atoms with Crippen molar-refractivity contribution in [2.45, 2.75) is 26.3 Å². The Morgan fingerprint density at radius 3 is 2.89 bits per heavy atom. The lowest BCUT2D eigenvalue weighted by Crippen LogP contribution is -2.28. The van der Waals surface area contributed by atoms with E-state index in [1.165, 1.54) is 28.6 Å². The smallest absolute Gasteiger partial charge is 0.0386 e. The van der Waals surface area contributed by atoms with Gasteiger partial charge in [-0.3, -0.25) is 4.90 Å². The van der Waals surface area contributed by atoms with E-state index in [0.717, 1.165) is 19.0 Å². The van der Waals surface area contributed by atoms with E-state index in [1.54, 1.807) is 0 Å². The van der Waals surface area contributed by atoms with Gasteiger partial charge in [0.1, 0.15) is 0 Å². The van der Waals surface area contributed by atoms with Crippen LogP contribution in [0.1, 0.15) is 30.5 Å². The van der Waals surface area contributed by atoms with Gasteiger partial charge in [-0.05, 0) is 63.1 Å². The first-order valence-electron chi connectivity index (χ1n) is 6.80. The molecule has 1 aromatic rings. The van der Waals surface area contributed by atoms with Crippen molar-refractivity contribution in [3.05, 3.63) is 33.8 Å². The molecule has 2 nitrogen and oxygen atoms in total. The van der Waals surface area contributed by atoms with Crippen LogP contribution in [0, 0.1) is 12.8 Å². The van der Waals surface area contributed by atoms with Crippen molar-refractivity contribution in [1.82, 2.24) is 10.2 Å². The van der Waals surface area contributed by atoms with E-state index in [9.17, 15) is 0 Å². The topological polar surface area (TPSA) is 15.3 Å². The lowest BCUT2D eigenvalue weighted by molar-refractivity contribution is 0.273. The molecule has 3 heteroatoms. The molecular weight excluding hydrogens is 288 g/mol. The zero-order valence-corrected chi connectivity index (χ0v) is 13.1. The number of benzene rings is 1. The molecule has 2 atom stereocenters. The van der Waals surface area contributed by atoms with Crippen LogP contribution in [0.3, 0.4) is 0 Å². The number of aryl methyl sites for hydroxylation is 1. The number of rotatable bonds is 4. The van der Waals surface area contributed by atoms with Crippen molar-refractivity contribution in [2.75, 3.05) is 26.7 Å². The minimum absolute atomic E-state index is 0.556. The number of likely N-dealkylation sites (tertiary alicyclic amines) is 1. The highest BCUT2D eigenvalue weighted by Crippen LogP contribution is 2.37. The second-order valence-electron chi connectivity index (χ2n) is 5.29. The van der Waals surface area contributed by atoms with Gasteiger partial charge >= 0.3 is 0 Å². The van der Waals surface area contributed by atoms with Gasteiger partial charge < -0.3 is 5.32 Å². The summed E-state index contributed by atoms with van der Waals surface area (Å²) in [4.78, 5) is 2.49. The molecule has 1 aliphatic rings. The molecule has 1 N–H and O–H groups in total. The third-order valence-electron chi connectivity index (χ3n) is 3.97. The quantitative estimate of drug-likeness (QED) is 0.917. The lowest BCUT2D eigenvalue weighted by atomic mass is 9.93. The van der Waals surface area contributed by atoms with Crippen LogP contribution in [0.5, 0.6) is 0 Å². The average Bonchev–Trinajstić information content (AvgIpc) is 2.71. The molecule has 100 valence electrons. The second kappa shape index (κ2) is 6.18. The summed E-state index contributed by atoms with van der Waals surface area (Å²) >= 11 is 3.65. The highest BCUT2D eigenvalue weighted by molar-refractivity contribution is 9.10. The Morgan fingerprint density at radius 1 is 1.44 bits per heavy atom. The standard InChI is InChI=1S/C15H23BrN2/c1-4-17-10-13-7-8-18(3)15(13)12-6-5-11(2)14(16)9-12/h5-6,9,13,15,17H,4,7-8,10H2,1-3H3. The van der Waals surface area contributed by atoms with Crippen LogP contribution in [-0.2, 0) is 0 Å². The second-order valence-corrected chi connectivity index (χ2v) is 6.14. The molecule has 18 heavy (non-hydrogen) atoms. The van der Waals surface area contributed by atoms with E-state index in [1.807, 2.05) is 0 Å². The molecular formula is C15H23BrN2. The Kier molecular flexibility index (Phi) is 4.82. The van der Waals surface area contributed by atoms with Gasteiger partial charge in [-0.25, -0.2) is 0 Å². The third kappa shape index (κ3) is 2.95. The Balaban J connectivity index is 2.19. The molecule has 1 heterocycles. The number of hydrogen-bond donors (Lipinski definition) is 1. The van der Waals surface area contributed by atoms with Gasteiger partial charge in [0.15, 0.2) is 0 Å². The van der Waals surface area contributed by atoms with Crippen LogP contribution in [-0.4, -0.2) is 31.6 Å². The molecule has 1 saturated heterocycles. The molecule has 0 aliphatic carbocycles. The molecule has 2 unspecified atom stereocenters. The summed E-state index contributed by atoms with van der Waals surface area (Å²) in [5, 5.41) is 3.50. The Bertz CT molecular complexity index is 405. The number of nitrogens with zero attached hydrogens (tertiary/aromatic N) is 1. The summed E-state index contributed by atoms with van der Waals surface area (Å²) in [5.41, 5.74) is 2.75. The van der Waals surface area contributed by atoms with E-state index < -0.39 is 0 Å². The molecule has 0 amide bonds. The molecule has 1 aromatic carbocycles. The maximum Gasteiger partial charge on any atom is 0.0386 e. The van der Waals surface area contributed by atoms with Crippen LogP contribution < -0.4 is 5.32 Å². The number of halogens is 1. The predicted molar refractivity (Wildman–Crippen MR) is 80.9 cm³/mol. The average molecular weight is 311 g/mol. The van der Waals surface area contributed by atoms with Crippen LogP contribution >= 0.6 is 15.9 Å². The molecule has 2 rings (SSSR count).